The molecule has 0 saturated carbocycles. The van der Waals surface area contributed by atoms with Crippen molar-refractivity contribution in [2.75, 3.05) is 0 Å². The molecule has 11 heavy (non-hydrogen) atoms. The van der Waals surface area contributed by atoms with Crippen LogP contribution < -0.4 is 5.46 Å². The molecule has 56 valence electrons. The molecule has 0 saturated heterocycles. The van der Waals surface area contributed by atoms with Crippen LogP contribution in [0.15, 0.2) is 6.07 Å². The Balaban J connectivity index is 3.46. The van der Waals surface area contributed by atoms with Crippen LogP contribution in [0.4, 0.5) is 17.6 Å². The molecule has 1 rings (SSSR count). The van der Waals surface area contributed by atoms with Gasteiger partial charge >= 0.3 is 0 Å². The van der Waals surface area contributed by atoms with Crippen LogP contribution in [-0.4, -0.2) is 7.85 Å². The van der Waals surface area contributed by atoms with Gasteiger partial charge in [0, 0.05) is 6.07 Å². The lowest BCUT2D eigenvalue weighted by Gasteiger charge is -2.00. The predicted molar refractivity (Wildman–Crippen MR) is 31.7 cm³/mol. The maximum Gasteiger partial charge on any atom is 0.193 e. The Labute approximate surface area is 61.2 Å². The molecule has 0 fully saturated rings. The van der Waals surface area contributed by atoms with E-state index in [2.05, 4.69) is 0 Å². The molecule has 0 aliphatic rings. The summed E-state index contributed by atoms with van der Waals surface area (Å²) in [5, 5.41) is 0. The SMILES string of the molecule is [B]c1c(F)cc(F)c(F)c1F. The third kappa shape index (κ3) is 1.22. The van der Waals surface area contributed by atoms with Gasteiger partial charge in [-0.25, -0.2) is 17.6 Å². The van der Waals surface area contributed by atoms with E-state index in [1.54, 1.807) is 0 Å². The van der Waals surface area contributed by atoms with Gasteiger partial charge in [-0.3, -0.25) is 0 Å². The summed E-state index contributed by atoms with van der Waals surface area (Å²) >= 11 is 0. The highest BCUT2D eigenvalue weighted by molar-refractivity contribution is 6.32. The molecule has 0 N–H and O–H groups in total. The van der Waals surface area contributed by atoms with Crippen LogP contribution in [0.2, 0.25) is 0 Å². The summed E-state index contributed by atoms with van der Waals surface area (Å²) in [5.41, 5.74) is -1.01. The van der Waals surface area contributed by atoms with Crippen molar-refractivity contribution in [2.24, 2.45) is 0 Å². The molecule has 2 radical (unpaired) electrons. The van der Waals surface area contributed by atoms with E-state index in [9.17, 15) is 17.6 Å². The summed E-state index contributed by atoms with van der Waals surface area (Å²) in [6.07, 6.45) is 0. The number of rotatable bonds is 0. The molecular weight excluding hydrogens is 159 g/mol. The molecule has 1 aromatic rings. The average Bonchev–Trinajstić information content (AvgIpc) is 1.97. The van der Waals surface area contributed by atoms with Crippen molar-refractivity contribution >= 4 is 13.3 Å². The monoisotopic (exact) mass is 160 g/mol. The smallest absolute Gasteiger partial charge is 0.193 e. The van der Waals surface area contributed by atoms with Gasteiger partial charge in [0.15, 0.2) is 17.5 Å². The van der Waals surface area contributed by atoms with E-state index in [0.29, 0.717) is 0 Å². The van der Waals surface area contributed by atoms with Crippen molar-refractivity contribution in [3.63, 3.8) is 0 Å². The normalized spacial score (nSPS) is 10.2. The average molecular weight is 160 g/mol. The molecule has 5 heteroatoms. The lowest BCUT2D eigenvalue weighted by Crippen LogP contribution is -2.17. The minimum absolute atomic E-state index is 0.188. The fourth-order valence-corrected chi connectivity index (χ4v) is 0.580. The Kier molecular flexibility index (Phi) is 1.89. The zero-order chi connectivity index (χ0) is 8.59. The first kappa shape index (κ1) is 8.10. The Morgan fingerprint density at radius 1 is 0.909 bits per heavy atom. The zero-order valence-electron chi connectivity index (χ0n) is 5.17. The highest BCUT2D eigenvalue weighted by Crippen LogP contribution is 2.09. The van der Waals surface area contributed by atoms with Gasteiger partial charge in [0.2, 0.25) is 0 Å². The molecule has 0 aliphatic heterocycles. The zero-order valence-corrected chi connectivity index (χ0v) is 5.17. The van der Waals surface area contributed by atoms with E-state index in [0.717, 1.165) is 0 Å². The summed E-state index contributed by atoms with van der Waals surface area (Å²) in [6, 6.07) is 0.188. The maximum atomic E-state index is 12.3. The van der Waals surface area contributed by atoms with Gasteiger partial charge in [0.25, 0.3) is 0 Å². The van der Waals surface area contributed by atoms with Crippen LogP contribution in [0.25, 0.3) is 0 Å². The first-order valence-corrected chi connectivity index (χ1v) is 2.62. The molecule has 1 aromatic carbocycles. The molecule has 0 unspecified atom stereocenters. The quantitative estimate of drug-likeness (QED) is 0.230. The summed E-state index contributed by atoms with van der Waals surface area (Å²) in [6.45, 7) is 0. The van der Waals surface area contributed by atoms with Crippen molar-refractivity contribution in [3.05, 3.63) is 29.3 Å². The lowest BCUT2D eigenvalue weighted by molar-refractivity contribution is 0.440. The second kappa shape index (κ2) is 2.56. The van der Waals surface area contributed by atoms with Gasteiger partial charge in [-0.05, 0) is 5.46 Å². The van der Waals surface area contributed by atoms with Crippen molar-refractivity contribution in [1.29, 1.82) is 0 Å². The minimum atomic E-state index is -1.76. The highest BCUT2D eigenvalue weighted by atomic mass is 19.2. The second-order valence-corrected chi connectivity index (χ2v) is 1.88. The highest BCUT2D eigenvalue weighted by Gasteiger charge is 2.14. The van der Waals surface area contributed by atoms with Gasteiger partial charge < -0.3 is 0 Å². The number of halogens is 4. The fourth-order valence-electron chi connectivity index (χ4n) is 0.580. The molecule has 0 nitrogen and oxygen atoms in total. The van der Waals surface area contributed by atoms with Gasteiger partial charge in [0.1, 0.15) is 13.7 Å². The number of hydrogen-bond acceptors (Lipinski definition) is 0. The van der Waals surface area contributed by atoms with Crippen LogP contribution in [-0.2, 0) is 0 Å². The third-order valence-electron chi connectivity index (χ3n) is 1.15. The number of hydrogen-bond donors (Lipinski definition) is 0. The van der Waals surface area contributed by atoms with Crippen LogP contribution in [0.1, 0.15) is 0 Å². The molecule has 0 atom stereocenters. The third-order valence-corrected chi connectivity index (χ3v) is 1.15. The van der Waals surface area contributed by atoms with Crippen molar-refractivity contribution < 1.29 is 17.6 Å². The van der Waals surface area contributed by atoms with E-state index in [-0.39, 0.29) is 6.07 Å². The van der Waals surface area contributed by atoms with Crippen molar-refractivity contribution in [3.8, 4) is 0 Å². The van der Waals surface area contributed by atoms with Crippen molar-refractivity contribution in [1.82, 2.24) is 0 Å². The van der Waals surface area contributed by atoms with Gasteiger partial charge in [-0.15, -0.1) is 0 Å². The van der Waals surface area contributed by atoms with Crippen molar-refractivity contribution in [2.45, 2.75) is 0 Å². The first-order chi connectivity index (χ1) is 5.04. The van der Waals surface area contributed by atoms with Crippen LogP contribution in [0.5, 0.6) is 0 Å². The lowest BCUT2D eigenvalue weighted by atomic mass is 9.94. The van der Waals surface area contributed by atoms with Crippen LogP contribution in [0, 0.1) is 23.3 Å². The fraction of sp³-hybridized carbons (Fsp3) is 0. The first-order valence-electron chi connectivity index (χ1n) is 2.62. The molecule has 0 aliphatic carbocycles. The van der Waals surface area contributed by atoms with Gasteiger partial charge in [-0.1, -0.05) is 0 Å². The standard InChI is InChI=1S/C6HBF4/c7-4-2(8)1-3(9)5(10)6(4)11/h1H. The Morgan fingerprint density at radius 2 is 1.45 bits per heavy atom. The second-order valence-electron chi connectivity index (χ2n) is 1.88. The van der Waals surface area contributed by atoms with E-state index in [4.69, 9.17) is 7.85 Å². The summed E-state index contributed by atoms with van der Waals surface area (Å²) in [7, 11) is 4.69. The minimum Gasteiger partial charge on any atom is -0.207 e. The maximum absolute atomic E-state index is 12.3. The molecule has 0 spiro atoms. The molecule has 0 amide bonds. The molecular formula is C6HBF4. The Bertz CT molecular complexity index is 271. The van der Waals surface area contributed by atoms with Crippen LogP contribution >= 0.6 is 0 Å². The molecule has 0 aromatic heterocycles. The van der Waals surface area contributed by atoms with E-state index in [1.807, 2.05) is 0 Å². The Morgan fingerprint density at radius 3 is 2.00 bits per heavy atom. The predicted octanol–water partition coefficient (Wildman–Crippen LogP) is 1.04. The van der Waals surface area contributed by atoms with E-state index < -0.39 is 28.7 Å². The van der Waals surface area contributed by atoms with E-state index >= 15 is 0 Å². The number of benzene rings is 1. The van der Waals surface area contributed by atoms with Crippen LogP contribution in [0.3, 0.4) is 0 Å². The van der Waals surface area contributed by atoms with Gasteiger partial charge in [0.05, 0.1) is 0 Å². The topological polar surface area (TPSA) is 0 Å². The van der Waals surface area contributed by atoms with Gasteiger partial charge in [-0.2, -0.15) is 0 Å². The molecule has 0 bridgehead atoms. The largest absolute Gasteiger partial charge is 0.207 e. The summed E-state index contributed by atoms with van der Waals surface area (Å²) in [4.78, 5) is 0. The summed E-state index contributed by atoms with van der Waals surface area (Å²) < 4.78 is 48.8. The Hall–Kier alpha value is -0.995. The molecule has 0 heterocycles. The van der Waals surface area contributed by atoms with E-state index in [1.165, 1.54) is 0 Å². The summed E-state index contributed by atoms with van der Waals surface area (Å²) in [5.74, 6) is -6.35.